The van der Waals surface area contributed by atoms with Crippen LogP contribution in [0.4, 0.5) is 11.4 Å². The van der Waals surface area contributed by atoms with E-state index >= 15 is 0 Å². The van der Waals surface area contributed by atoms with Gasteiger partial charge in [0.25, 0.3) is 0 Å². The quantitative estimate of drug-likeness (QED) is 0.135. The molecule has 0 saturated heterocycles. The van der Waals surface area contributed by atoms with E-state index in [2.05, 4.69) is 236 Å². The van der Waals surface area contributed by atoms with Crippen LogP contribution < -0.4 is 14.5 Å². The van der Waals surface area contributed by atoms with Crippen molar-refractivity contribution in [3.05, 3.63) is 210 Å². The molecule has 1 aliphatic heterocycles. The molecule has 0 radical (unpaired) electrons. The maximum Gasteiger partial charge on any atom is 0.135 e. The standard InChI is InChI=1S/C58H57N4O.Pt/c1-55(2,3)42-24-26-50-51-27-25-49(38-53(51)62(52(50)35-42)54-36-43(28-29-59-54)56(4,5)6)63-48-23-17-22-46(37-48)60-30-31-61(39-60)47-33-44(57(7,8)40-18-13-11-14-19-40)32-45(34-47)58(9,10)41-20-15-12-16-21-41;/h11-36,39H,1-10H3;/q-3;. The Labute approximate surface area is 394 Å². The molecule has 0 fully saturated rings. The number of hydrogen-bond acceptors (Lipinski definition) is 4. The molecule has 5 nitrogen and oxygen atoms in total. The summed E-state index contributed by atoms with van der Waals surface area (Å²) in [6.07, 6.45) is 6.11. The third-order valence-corrected chi connectivity index (χ3v) is 12.9. The molecule has 0 bridgehead atoms. The maximum atomic E-state index is 6.61. The number of ether oxygens (including phenoxy) is 1. The van der Waals surface area contributed by atoms with Crippen LogP contribution in [0.3, 0.4) is 0 Å². The van der Waals surface area contributed by atoms with Crippen molar-refractivity contribution < 1.29 is 25.8 Å². The zero-order valence-electron chi connectivity index (χ0n) is 38.6. The molecule has 328 valence electrons. The first kappa shape index (κ1) is 44.7. The SMILES string of the molecule is CC(C)(C)c1ccnc(-n2c3[c-]c(Oc4[c-]c(N5C=CN(c6cc(C(C)(C)c7ccccc7)cc(C(C)(C)c7ccccc7)c6)[CH-]5)ccc4)ccc3c3ccc(C(C)(C)C)cc32)c1.[Pt]. The molecule has 0 amide bonds. The molecule has 6 heteroatoms. The first-order chi connectivity index (χ1) is 30.0. The van der Waals surface area contributed by atoms with Crippen LogP contribution >= 0.6 is 0 Å². The molecule has 0 atom stereocenters. The first-order valence-corrected chi connectivity index (χ1v) is 22.0. The first-order valence-electron chi connectivity index (χ1n) is 22.0. The minimum atomic E-state index is -0.224. The fourth-order valence-corrected chi connectivity index (χ4v) is 8.63. The van der Waals surface area contributed by atoms with Gasteiger partial charge in [0.1, 0.15) is 5.82 Å². The third kappa shape index (κ3) is 8.55. The Kier molecular flexibility index (Phi) is 11.8. The molecule has 0 unspecified atom stereocenters. The summed E-state index contributed by atoms with van der Waals surface area (Å²) in [7, 11) is 0. The maximum absolute atomic E-state index is 6.61. The smallest absolute Gasteiger partial charge is 0.135 e. The van der Waals surface area contributed by atoms with E-state index in [1.54, 1.807) is 0 Å². The molecule has 0 spiro atoms. The Morgan fingerprint density at radius 3 is 1.70 bits per heavy atom. The molecule has 6 aromatic carbocycles. The van der Waals surface area contributed by atoms with E-state index in [0.717, 1.165) is 39.0 Å². The molecule has 0 aliphatic carbocycles. The van der Waals surface area contributed by atoms with Crippen LogP contribution in [0.2, 0.25) is 0 Å². The number of hydrogen-bond donors (Lipinski definition) is 0. The van der Waals surface area contributed by atoms with Gasteiger partial charge in [0.05, 0.1) is 0 Å². The summed E-state index contributed by atoms with van der Waals surface area (Å²) in [5, 5.41) is 2.25. The van der Waals surface area contributed by atoms with Gasteiger partial charge in [-0.05, 0) is 92.3 Å². The Bertz CT molecular complexity index is 2920. The fraction of sp³-hybridized carbons (Fsp3) is 0.241. The summed E-state index contributed by atoms with van der Waals surface area (Å²) >= 11 is 0. The fourth-order valence-electron chi connectivity index (χ4n) is 8.63. The van der Waals surface area contributed by atoms with Crippen molar-refractivity contribution in [2.24, 2.45) is 0 Å². The average molecular weight is 1020 g/mol. The number of pyridine rings is 1. The van der Waals surface area contributed by atoms with Crippen LogP contribution in [0.5, 0.6) is 11.5 Å². The minimum absolute atomic E-state index is 0. The van der Waals surface area contributed by atoms with E-state index in [1.807, 2.05) is 24.4 Å². The molecule has 0 N–H and O–H groups in total. The number of rotatable bonds is 9. The predicted molar refractivity (Wildman–Crippen MR) is 262 cm³/mol. The second kappa shape index (κ2) is 16.9. The molecule has 0 saturated carbocycles. The summed E-state index contributed by atoms with van der Waals surface area (Å²) in [5.41, 5.74) is 11.0. The monoisotopic (exact) mass is 1020 g/mol. The second-order valence-electron chi connectivity index (χ2n) is 20.0. The van der Waals surface area contributed by atoms with Crippen LogP contribution in [0.15, 0.2) is 158 Å². The zero-order valence-corrected chi connectivity index (χ0v) is 40.9. The molecule has 64 heavy (non-hydrogen) atoms. The summed E-state index contributed by atoms with van der Waals surface area (Å²) in [4.78, 5) is 9.21. The van der Waals surface area contributed by atoms with Crippen molar-refractivity contribution in [1.29, 1.82) is 0 Å². The topological polar surface area (TPSA) is 33.5 Å². The van der Waals surface area contributed by atoms with Gasteiger partial charge in [-0.1, -0.05) is 154 Å². The van der Waals surface area contributed by atoms with E-state index in [9.17, 15) is 0 Å². The largest absolute Gasteiger partial charge is 0.509 e. The van der Waals surface area contributed by atoms with E-state index in [4.69, 9.17) is 9.72 Å². The molecule has 9 rings (SSSR count). The average Bonchev–Trinajstić information content (AvgIpc) is 3.90. The van der Waals surface area contributed by atoms with Crippen LogP contribution in [-0.4, -0.2) is 9.55 Å². The van der Waals surface area contributed by atoms with Gasteiger partial charge in [-0.25, -0.2) is 4.98 Å². The Hall–Kier alpha value is -5.90. The number of benzene rings is 6. The van der Waals surface area contributed by atoms with Gasteiger partial charge >= 0.3 is 0 Å². The van der Waals surface area contributed by atoms with Crippen LogP contribution in [0.1, 0.15) is 103 Å². The third-order valence-electron chi connectivity index (χ3n) is 12.9. The molecule has 3 heterocycles. The Balaban J connectivity index is 0.00000560. The minimum Gasteiger partial charge on any atom is -0.509 e. The molecular weight excluding hydrogens is 964 g/mol. The number of nitrogens with zero attached hydrogens (tertiary/aromatic N) is 4. The van der Waals surface area contributed by atoms with Crippen molar-refractivity contribution in [3.63, 3.8) is 0 Å². The van der Waals surface area contributed by atoms with Gasteiger partial charge in [0.15, 0.2) is 0 Å². The Morgan fingerprint density at radius 1 is 0.500 bits per heavy atom. The summed E-state index contributed by atoms with van der Waals surface area (Å²) in [6, 6.07) is 57.1. The predicted octanol–water partition coefficient (Wildman–Crippen LogP) is 14.7. The number of fused-ring (bicyclic) bond motifs is 3. The Morgan fingerprint density at radius 2 is 1.08 bits per heavy atom. The zero-order chi connectivity index (χ0) is 44.3. The molecule has 2 aromatic heterocycles. The van der Waals surface area contributed by atoms with E-state index in [0.29, 0.717) is 11.5 Å². The van der Waals surface area contributed by atoms with Gasteiger partial charge < -0.3 is 19.1 Å². The van der Waals surface area contributed by atoms with Gasteiger partial charge in [0, 0.05) is 60.8 Å². The van der Waals surface area contributed by atoms with Crippen LogP contribution in [0.25, 0.3) is 27.6 Å². The summed E-state index contributed by atoms with van der Waals surface area (Å²) < 4.78 is 8.85. The van der Waals surface area contributed by atoms with Gasteiger partial charge in [0.2, 0.25) is 0 Å². The number of aromatic nitrogens is 2. The molecule has 8 aromatic rings. The van der Waals surface area contributed by atoms with Crippen molar-refractivity contribution in [3.8, 4) is 17.3 Å². The number of anilines is 2. The van der Waals surface area contributed by atoms with Crippen LogP contribution in [0, 0.1) is 18.8 Å². The van der Waals surface area contributed by atoms with Gasteiger partial charge in [-0.2, -0.15) is 12.1 Å². The van der Waals surface area contributed by atoms with E-state index in [1.165, 1.54) is 33.4 Å². The molecule has 1 aliphatic rings. The van der Waals surface area contributed by atoms with Crippen LogP contribution in [-0.2, 0) is 42.7 Å². The summed E-state index contributed by atoms with van der Waals surface area (Å²) in [5.74, 6) is 2.07. The summed E-state index contributed by atoms with van der Waals surface area (Å²) in [6.45, 7) is 24.9. The second-order valence-corrected chi connectivity index (χ2v) is 20.0. The van der Waals surface area contributed by atoms with E-state index in [-0.39, 0.29) is 42.7 Å². The molecular formula is C58H57N4OPt-3. The van der Waals surface area contributed by atoms with Crippen molar-refractivity contribution in [2.75, 3.05) is 9.80 Å². The van der Waals surface area contributed by atoms with Gasteiger partial charge in [-0.15, -0.1) is 48.1 Å². The van der Waals surface area contributed by atoms with Crippen molar-refractivity contribution >= 4 is 33.2 Å². The van der Waals surface area contributed by atoms with Crippen molar-refractivity contribution in [1.82, 2.24) is 9.55 Å². The normalized spacial score (nSPS) is 13.5. The van der Waals surface area contributed by atoms with Crippen molar-refractivity contribution in [2.45, 2.75) is 90.9 Å². The van der Waals surface area contributed by atoms with Gasteiger partial charge in [-0.3, -0.25) is 0 Å². The van der Waals surface area contributed by atoms with E-state index < -0.39 is 0 Å².